The molecule has 2 aliphatic carbocycles. The van der Waals surface area contributed by atoms with Crippen LogP contribution in [0.1, 0.15) is 59.3 Å². The van der Waals surface area contributed by atoms with Crippen molar-refractivity contribution in [2.75, 3.05) is 25.5 Å². The molecule has 7 rings (SSSR count). The van der Waals surface area contributed by atoms with Gasteiger partial charge in [-0.1, -0.05) is 24.3 Å². The van der Waals surface area contributed by atoms with Gasteiger partial charge in [0, 0.05) is 30.9 Å². The third kappa shape index (κ3) is 4.46. The number of piperidine rings is 1. The maximum absolute atomic E-state index is 14.1. The molecule has 3 aliphatic rings. The summed E-state index contributed by atoms with van der Waals surface area (Å²) in [7, 11) is 3.82. The fourth-order valence-electron chi connectivity index (χ4n) is 7.16. The van der Waals surface area contributed by atoms with Gasteiger partial charge in [0.25, 0.3) is 5.91 Å². The van der Waals surface area contributed by atoms with E-state index in [-0.39, 0.29) is 34.9 Å². The number of carbonyl (C=O) groups is 2. The zero-order valence-corrected chi connectivity index (χ0v) is 23.4. The molecule has 1 unspecified atom stereocenters. The van der Waals surface area contributed by atoms with E-state index in [4.69, 9.17) is 0 Å². The standard InChI is InChI=1S/C31H35N7O3/c1-36-15-10-21(11-16-36)38-24-8-7-20(17-23(24)34-30(38)41)33-29(40)27(35-28(39)25-9-14-32-37(25)2)26-22-6-4-3-5-19(22)18-31(26)12-13-31/h3-9,14,17,21,26-27H,10-13,15-16,18H2,1-2H3,(H,33,40)(H,34,41)(H,35,39)/t26?,27-/m0/s1. The third-order valence-corrected chi connectivity index (χ3v) is 9.48. The molecular formula is C31H35N7O3. The molecule has 2 atom stereocenters. The molecule has 1 spiro atoms. The predicted octanol–water partition coefficient (Wildman–Crippen LogP) is 3.19. The average molecular weight is 554 g/mol. The van der Waals surface area contributed by atoms with E-state index in [2.05, 4.69) is 44.8 Å². The minimum atomic E-state index is -0.776. The van der Waals surface area contributed by atoms with Gasteiger partial charge < -0.3 is 20.5 Å². The van der Waals surface area contributed by atoms with Crippen molar-refractivity contribution in [3.8, 4) is 0 Å². The van der Waals surface area contributed by atoms with Crippen LogP contribution in [-0.4, -0.2) is 62.2 Å². The normalized spacial score (nSPS) is 20.7. The van der Waals surface area contributed by atoms with E-state index in [1.54, 1.807) is 19.3 Å². The quantitative estimate of drug-likeness (QED) is 0.339. The van der Waals surface area contributed by atoms with Crippen molar-refractivity contribution >= 4 is 28.5 Å². The zero-order valence-electron chi connectivity index (χ0n) is 23.4. The molecule has 2 amide bonds. The van der Waals surface area contributed by atoms with Crippen LogP contribution >= 0.6 is 0 Å². The van der Waals surface area contributed by atoms with Crippen LogP contribution in [0, 0.1) is 5.41 Å². The van der Waals surface area contributed by atoms with Crippen molar-refractivity contribution in [2.45, 2.75) is 50.1 Å². The van der Waals surface area contributed by atoms with Crippen LogP contribution < -0.4 is 16.3 Å². The maximum atomic E-state index is 14.1. The van der Waals surface area contributed by atoms with Crippen molar-refractivity contribution in [2.24, 2.45) is 12.5 Å². The van der Waals surface area contributed by atoms with E-state index in [1.807, 2.05) is 34.9 Å². The highest BCUT2D eigenvalue weighted by Crippen LogP contribution is 2.64. The summed E-state index contributed by atoms with van der Waals surface area (Å²) < 4.78 is 3.37. The van der Waals surface area contributed by atoms with Crippen LogP contribution in [0.25, 0.3) is 11.0 Å². The lowest BCUT2D eigenvalue weighted by atomic mass is 9.82. The van der Waals surface area contributed by atoms with Gasteiger partial charge in [-0.2, -0.15) is 5.10 Å². The Hall–Kier alpha value is -4.18. The van der Waals surface area contributed by atoms with Gasteiger partial charge in [0.15, 0.2) is 0 Å². The Kier molecular flexibility index (Phi) is 6.11. The number of hydrogen-bond acceptors (Lipinski definition) is 5. The Morgan fingerprint density at radius 1 is 1.07 bits per heavy atom. The molecule has 10 heteroatoms. The van der Waals surface area contributed by atoms with Crippen LogP contribution in [0.4, 0.5) is 5.69 Å². The smallest absolute Gasteiger partial charge is 0.326 e. The second-order valence-electron chi connectivity index (χ2n) is 12.1. The summed E-state index contributed by atoms with van der Waals surface area (Å²) in [6.45, 7) is 1.91. The first-order valence-corrected chi connectivity index (χ1v) is 14.4. The maximum Gasteiger partial charge on any atom is 0.326 e. The number of nitrogens with zero attached hydrogens (tertiary/aromatic N) is 4. The van der Waals surface area contributed by atoms with Gasteiger partial charge >= 0.3 is 5.69 Å². The number of rotatable bonds is 6. The van der Waals surface area contributed by atoms with Gasteiger partial charge in [-0.25, -0.2) is 4.79 Å². The molecule has 1 saturated carbocycles. The molecule has 41 heavy (non-hydrogen) atoms. The minimum absolute atomic E-state index is 0.0219. The number of hydrogen-bond donors (Lipinski definition) is 3. The number of amides is 2. The first-order chi connectivity index (χ1) is 19.8. The fourth-order valence-corrected chi connectivity index (χ4v) is 7.16. The van der Waals surface area contributed by atoms with Crippen LogP contribution in [-0.2, 0) is 18.3 Å². The van der Waals surface area contributed by atoms with E-state index in [0.29, 0.717) is 16.9 Å². The number of carbonyl (C=O) groups excluding carboxylic acids is 2. The van der Waals surface area contributed by atoms with Gasteiger partial charge in [-0.15, -0.1) is 0 Å². The number of nitrogens with one attached hydrogen (secondary N) is 3. The molecule has 1 saturated heterocycles. The van der Waals surface area contributed by atoms with Crippen LogP contribution in [0.15, 0.2) is 59.5 Å². The summed E-state index contributed by atoms with van der Waals surface area (Å²) in [5, 5.41) is 10.3. The average Bonchev–Trinajstić information content (AvgIpc) is 3.29. The van der Waals surface area contributed by atoms with Gasteiger partial charge in [0.1, 0.15) is 11.7 Å². The number of benzene rings is 2. The lowest BCUT2D eigenvalue weighted by Gasteiger charge is -2.30. The highest BCUT2D eigenvalue weighted by Gasteiger charge is 2.58. The summed E-state index contributed by atoms with van der Waals surface area (Å²) in [5.74, 6) is -0.741. The Bertz CT molecular complexity index is 1700. The van der Waals surface area contributed by atoms with Crippen molar-refractivity contribution in [3.63, 3.8) is 0 Å². The van der Waals surface area contributed by atoms with E-state index >= 15 is 0 Å². The first kappa shape index (κ1) is 25.8. The SMILES string of the molecule is CN1CCC(n2c(=O)[nH]c3cc(NC(=O)[C@@H](NC(=O)c4ccnn4C)C4c5ccccc5CC45CC5)ccc32)CC1. The molecule has 4 aromatic rings. The van der Waals surface area contributed by atoms with Crippen molar-refractivity contribution < 1.29 is 9.59 Å². The van der Waals surface area contributed by atoms with E-state index in [9.17, 15) is 14.4 Å². The molecular weight excluding hydrogens is 518 g/mol. The predicted molar refractivity (Wildman–Crippen MR) is 156 cm³/mol. The van der Waals surface area contributed by atoms with Gasteiger partial charge in [0.2, 0.25) is 5.91 Å². The van der Waals surface area contributed by atoms with Gasteiger partial charge in [0.05, 0.1) is 11.0 Å². The van der Waals surface area contributed by atoms with E-state index < -0.39 is 6.04 Å². The summed E-state index contributed by atoms with van der Waals surface area (Å²) in [6, 6.07) is 14.8. The second kappa shape index (κ2) is 9.73. The molecule has 2 aromatic carbocycles. The minimum Gasteiger partial charge on any atom is -0.338 e. The van der Waals surface area contributed by atoms with Crippen LogP contribution in [0.5, 0.6) is 0 Å². The Morgan fingerprint density at radius 2 is 1.85 bits per heavy atom. The molecule has 1 aliphatic heterocycles. The van der Waals surface area contributed by atoms with Crippen LogP contribution in [0.2, 0.25) is 0 Å². The topological polar surface area (TPSA) is 117 Å². The second-order valence-corrected chi connectivity index (χ2v) is 12.1. The molecule has 0 bridgehead atoms. The Morgan fingerprint density at radius 3 is 2.59 bits per heavy atom. The number of likely N-dealkylation sites (tertiary alicyclic amines) is 1. The number of imidazole rings is 1. The zero-order chi connectivity index (χ0) is 28.3. The Labute approximate surface area is 237 Å². The highest BCUT2D eigenvalue weighted by atomic mass is 16.2. The Balaban J connectivity index is 1.20. The lowest BCUT2D eigenvalue weighted by Crippen LogP contribution is -2.49. The summed E-state index contributed by atoms with van der Waals surface area (Å²) in [6.07, 6.45) is 6.38. The van der Waals surface area contributed by atoms with Crippen molar-refractivity contribution in [1.29, 1.82) is 0 Å². The van der Waals surface area contributed by atoms with Gasteiger partial charge in [-0.05, 0) is 93.0 Å². The highest BCUT2D eigenvalue weighted by molar-refractivity contribution is 6.02. The number of H-pyrrole nitrogens is 1. The number of aryl methyl sites for hydroxylation is 1. The number of aromatic amines is 1. The third-order valence-electron chi connectivity index (χ3n) is 9.48. The molecule has 3 heterocycles. The fraction of sp³-hybridized carbons (Fsp3) is 0.419. The largest absolute Gasteiger partial charge is 0.338 e. The summed E-state index contributed by atoms with van der Waals surface area (Å²) >= 11 is 0. The van der Waals surface area contributed by atoms with Crippen LogP contribution in [0.3, 0.4) is 0 Å². The molecule has 2 fully saturated rings. The van der Waals surface area contributed by atoms with Crippen molar-refractivity contribution in [1.82, 2.24) is 29.5 Å². The summed E-state index contributed by atoms with van der Waals surface area (Å²) in [5.41, 5.74) is 4.73. The van der Waals surface area contributed by atoms with E-state index in [1.165, 1.54) is 10.2 Å². The molecule has 10 nitrogen and oxygen atoms in total. The molecule has 212 valence electrons. The number of fused-ring (bicyclic) bond motifs is 2. The van der Waals surface area contributed by atoms with E-state index in [0.717, 1.165) is 56.3 Å². The lowest BCUT2D eigenvalue weighted by molar-refractivity contribution is -0.118. The first-order valence-electron chi connectivity index (χ1n) is 14.4. The molecule has 0 radical (unpaired) electrons. The molecule has 2 aromatic heterocycles. The molecule has 3 N–H and O–H groups in total. The van der Waals surface area contributed by atoms with Crippen molar-refractivity contribution in [3.05, 3.63) is 82.0 Å². The number of aromatic nitrogens is 4. The number of anilines is 1. The summed E-state index contributed by atoms with van der Waals surface area (Å²) in [4.78, 5) is 45.7. The monoisotopic (exact) mass is 553 g/mol. The van der Waals surface area contributed by atoms with Gasteiger partial charge in [-0.3, -0.25) is 18.8 Å².